The van der Waals surface area contributed by atoms with Gasteiger partial charge in [0.25, 0.3) is 0 Å². The van der Waals surface area contributed by atoms with Gasteiger partial charge in [-0.1, -0.05) is 0 Å². The Hall–Kier alpha value is -1.01. The Morgan fingerprint density at radius 3 is 3.00 bits per heavy atom. The van der Waals surface area contributed by atoms with Crippen molar-refractivity contribution < 1.29 is 4.39 Å². The summed E-state index contributed by atoms with van der Waals surface area (Å²) in [5.74, 6) is -0.0440. The molecule has 0 spiro atoms. The second-order valence-electron chi connectivity index (χ2n) is 2.80. The van der Waals surface area contributed by atoms with E-state index in [4.69, 9.17) is 0 Å². The van der Waals surface area contributed by atoms with E-state index >= 15 is 0 Å². The zero-order valence-corrected chi connectivity index (χ0v) is 9.98. The van der Waals surface area contributed by atoms with Crippen LogP contribution in [0.25, 0.3) is 0 Å². The number of anilines is 1. The maximum atomic E-state index is 12.7. The summed E-state index contributed by atoms with van der Waals surface area (Å²) in [4.78, 5) is 7.27. The lowest BCUT2D eigenvalue weighted by Gasteiger charge is -2.03. The molecule has 6 heteroatoms. The van der Waals surface area contributed by atoms with Gasteiger partial charge in [0, 0.05) is 12.6 Å². The number of rotatable bonds is 3. The Kier molecular flexibility index (Phi) is 3.27. The summed E-state index contributed by atoms with van der Waals surface area (Å²) >= 11 is 5.04. The molecule has 0 aliphatic heterocycles. The van der Waals surface area contributed by atoms with Crippen molar-refractivity contribution in [2.45, 2.75) is 6.54 Å². The molecule has 0 unspecified atom stereocenters. The van der Waals surface area contributed by atoms with Crippen LogP contribution in [0.5, 0.6) is 0 Å². The second-order valence-corrected chi connectivity index (χ2v) is 5.03. The van der Waals surface area contributed by atoms with Gasteiger partial charge >= 0.3 is 0 Å². The van der Waals surface area contributed by atoms with Crippen molar-refractivity contribution in [1.29, 1.82) is 0 Å². The van der Waals surface area contributed by atoms with Crippen LogP contribution >= 0.6 is 27.3 Å². The zero-order chi connectivity index (χ0) is 10.7. The molecule has 0 aliphatic rings. The summed E-state index contributed by atoms with van der Waals surface area (Å²) < 4.78 is 13.8. The highest BCUT2D eigenvalue weighted by Crippen LogP contribution is 2.23. The number of thiophene rings is 1. The van der Waals surface area contributed by atoms with Crippen molar-refractivity contribution in [2.75, 3.05) is 5.32 Å². The van der Waals surface area contributed by atoms with Crippen molar-refractivity contribution in [3.63, 3.8) is 0 Å². The monoisotopic (exact) mass is 287 g/mol. The molecule has 0 aliphatic carbocycles. The van der Waals surface area contributed by atoms with E-state index in [0.29, 0.717) is 12.4 Å². The molecule has 2 heterocycles. The highest BCUT2D eigenvalue weighted by Gasteiger charge is 2.01. The third-order valence-electron chi connectivity index (χ3n) is 1.79. The molecule has 0 saturated carbocycles. The summed E-state index contributed by atoms with van der Waals surface area (Å²) in [6.45, 7) is 0.612. The minimum Gasteiger partial charge on any atom is -0.366 e. The summed E-state index contributed by atoms with van der Waals surface area (Å²) in [5.41, 5.74) is 1.12. The van der Waals surface area contributed by atoms with Crippen molar-refractivity contribution in [3.05, 3.63) is 39.1 Å². The van der Waals surface area contributed by atoms with Crippen LogP contribution in [0.4, 0.5) is 10.2 Å². The first-order valence-corrected chi connectivity index (χ1v) is 5.86. The van der Waals surface area contributed by atoms with Crippen molar-refractivity contribution in [3.8, 4) is 0 Å². The Morgan fingerprint density at radius 1 is 1.47 bits per heavy atom. The third kappa shape index (κ3) is 2.73. The van der Waals surface area contributed by atoms with E-state index in [-0.39, 0.29) is 0 Å². The minimum absolute atomic E-state index is 0.487. The number of halogens is 2. The highest BCUT2D eigenvalue weighted by atomic mass is 79.9. The van der Waals surface area contributed by atoms with Crippen LogP contribution in [-0.2, 0) is 6.54 Å². The number of aromatic nitrogens is 2. The normalized spacial score (nSPS) is 10.3. The zero-order valence-electron chi connectivity index (χ0n) is 7.58. The summed E-state index contributed by atoms with van der Waals surface area (Å²) in [6.07, 6.45) is 1.19. The van der Waals surface area contributed by atoms with Crippen molar-refractivity contribution >= 4 is 33.1 Å². The molecule has 2 rings (SSSR count). The standard InChI is InChI=1S/C9H7BrFN3S/c10-9-6(1-2-15-9)4-12-8-3-7(11)13-5-14-8/h1-3,5H,4H2,(H,12,13,14). The van der Waals surface area contributed by atoms with Gasteiger partial charge in [-0.15, -0.1) is 11.3 Å². The van der Waals surface area contributed by atoms with Crippen LogP contribution in [-0.4, -0.2) is 9.97 Å². The van der Waals surface area contributed by atoms with E-state index in [9.17, 15) is 4.39 Å². The van der Waals surface area contributed by atoms with E-state index in [1.807, 2.05) is 11.4 Å². The molecule has 0 fully saturated rings. The Balaban J connectivity index is 2.02. The summed E-state index contributed by atoms with van der Waals surface area (Å²) in [5, 5.41) is 5.00. The average Bonchev–Trinajstić information content (AvgIpc) is 2.61. The quantitative estimate of drug-likeness (QED) is 0.882. The maximum Gasteiger partial charge on any atom is 0.217 e. The predicted molar refractivity (Wildman–Crippen MR) is 61.3 cm³/mol. The average molecular weight is 288 g/mol. The predicted octanol–water partition coefficient (Wildman–Crippen LogP) is 3.05. The van der Waals surface area contributed by atoms with Gasteiger partial charge in [-0.2, -0.15) is 4.39 Å². The first-order valence-electron chi connectivity index (χ1n) is 4.19. The van der Waals surface area contributed by atoms with Crippen LogP contribution in [0.2, 0.25) is 0 Å². The summed E-state index contributed by atoms with van der Waals surface area (Å²) in [6, 6.07) is 3.26. The lowest BCUT2D eigenvalue weighted by molar-refractivity contribution is 0.580. The molecule has 1 N–H and O–H groups in total. The van der Waals surface area contributed by atoms with Gasteiger partial charge in [-0.25, -0.2) is 9.97 Å². The number of hydrogen-bond acceptors (Lipinski definition) is 4. The molecule has 0 atom stereocenters. The minimum atomic E-state index is -0.531. The van der Waals surface area contributed by atoms with E-state index in [1.165, 1.54) is 12.4 Å². The molecule has 0 saturated heterocycles. The van der Waals surface area contributed by atoms with Crippen molar-refractivity contribution in [1.82, 2.24) is 9.97 Å². The van der Waals surface area contributed by atoms with Crippen LogP contribution in [0.3, 0.4) is 0 Å². The molecule has 15 heavy (non-hydrogen) atoms. The molecular formula is C9H7BrFN3S. The Morgan fingerprint density at radius 2 is 2.33 bits per heavy atom. The molecule has 2 aromatic heterocycles. The lowest BCUT2D eigenvalue weighted by atomic mass is 10.3. The molecule has 0 aromatic carbocycles. The molecule has 3 nitrogen and oxygen atoms in total. The fraction of sp³-hybridized carbons (Fsp3) is 0.111. The van der Waals surface area contributed by atoms with Crippen molar-refractivity contribution in [2.24, 2.45) is 0 Å². The van der Waals surface area contributed by atoms with Crippen LogP contribution in [0.15, 0.2) is 27.6 Å². The highest BCUT2D eigenvalue weighted by molar-refractivity contribution is 9.11. The van der Waals surface area contributed by atoms with Crippen LogP contribution < -0.4 is 5.32 Å². The summed E-state index contributed by atoms with van der Waals surface area (Å²) in [7, 11) is 0. The molecular weight excluding hydrogens is 281 g/mol. The van der Waals surface area contributed by atoms with Crippen LogP contribution in [0, 0.1) is 5.95 Å². The topological polar surface area (TPSA) is 37.8 Å². The van der Waals surface area contributed by atoms with Gasteiger partial charge in [0.15, 0.2) is 0 Å². The molecule has 78 valence electrons. The smallest absolute Gasteiger partial charge is 0.217 e. The number of hydrogen-bond donors (Lipinski definition) is 1. The molecule has 2 aromatic rings. The van der Waals surface area contributed by atoms with E-state index in [0.717, 1.165) is 9.35 Å². The Bertz CT molecular complexity index is 460. The molecule has 0 amide bonds. The van der Waals surface area contributed by atoms with Gasteiger partial charge in [-0.05, 0) is 32.9 Å². The van der Waals surface area contributed by atoms with E-state index in [1.54, 1.807) is 11.3 Å². The molecule has 0 radical (unpaired) electrons. The Labute approximate surface area is 98.5 Å². The van der Waals surface area contributed by atoms with Gasteiger partial charge in [0.2, 0.25) is 5.95 Å². The van der Waals surface area contributed by atoms with Gasteiger partial charge in [0.1, 0.15) is 12.1 Å². The number of nitrogens with one attached hydrogen (secondary N) is 1. The van der Waals surface area contributed by atoms with Crippen LogP contribution in [0.1, 0.15) is 5.56 Å². The SMILES string of the molecule is Fc1cc(NCc2ccsc2Br)ncn1. The first kappa shape index (κ1) is 10.5. The van der Waals surface area contributed by atoms with Gasteiger partial charge < -0.3 is 5.32 Å². The maximum absolute atomic E-state index is 12.7. The first-order chi connectivity index (χ1) is 7.25. The fourth-order valence-corrected chi connectivity index (χ4v) is 2.30. The molecule has 0 bridgehead atoms. The fourth-order valence-electron chi connectivity index (χ4n) is 1.06. The van der Waals surface area contributed by atoms with E-state index in [2.05, 4.69) is 31.2 Å². The second kappa shape index (κ2) is 4.67. The third-order valence-corrected chi connectivity index (χ3v) is 3.60. The van der Waals surface area contributed by atoms with E-state index < -0.39 is 5.95 Å². The largest absolute Gasteiger partial charge is 0.366 e. The van der Waals surface area contributed by atoms with Gasteiger partial charge in [-0.3, -0.25) is 0 Å². The number of nitrogens with zero attached hydrogens (tertiary/aromatic N) is 2. The lowest BCUT2D eigenvalue weighted by Crippen LogP contribution is -2.01. The van der Waals surface area contributed by atoms with Gasteiger partial charge in [0.05, 0.1) is 3.79 Å².